The average molecular weight is 283 g/mol. The quantitative estimate of drug-likeness (QED) is 0.592. The van der Waals surface area contributed by atoms with E-state index in [4.69, 9.17) is 4.74 Å². The second kappa shape index (κ2) is 7.09. The lowest BCUT2D eigenvalue weighted by molar-refractivity contribution is -0.307. The molecule has 0 N–H and O–H groups in total. The van der Waals surface area contributed by atoms with Crippen LogP contribution in [0.4, 0.5) is 5.69 Å². The molecular formula is C16H15N2O3-. The Kier molecular flexibility index (Phi) is 4.93. The Morgan fingerprint density at radius 1 is 1.19 bits per heavy atom. The number of aliphatic carboxylic acids is 1. The van der Waals surface area contributed by atoms with Gasteiger partial charge in [-0.25, -0.2) is 0 Å². The molecular weight excluding hydrogens is 268 g/mol. The van der Waals surface area contributed by atoms with Gasteiger partial charge in [0, 0.05) is 7.05 Å². The fourth-order valence-electron chi connectivity index (χ4n) is 1.66. The fraction of sp³-hybridized carbons (Fsp3) is 0.125. The van der Waals surface area contributed by atoms with Crippen LogP contribution in [-0.2, 0) is 4.79 Å². The molecule has 0 saturated heterocycles. The summed E-state index contributed by atoms with van der Waals surface area (Å²) in [5.41, 5.74) is 1.88. The maximum atomic E-state index is 10.3. The molecule has 0 amide bonds. The number of nitrogens with zero attached hydrogens (tertiary/aromatic N) is 2. The van der Waals surface area contributed by atoms with Crippen LogP contribution in [0.3, 0.4) is 0 Å². The summed E-state index contributed by atoms with van der Waals surface area (Å²) in [7, 11) is 1.86. The van der Waals surface area contributed by atoms with E-state index in [2.05, 4.69) is 5.10 Å². The van der Waals surface area contributed by atoms with Crippen molar-refractivity contribution in [3.05, 3.63) is 60.2 Å². The van der Waals surface area contributed by atoms with E-state index in [9.17, 15) is 9.90 Å². The minimum Gasteiger partial charge on any atom is -0.546 e. The van der Waals surface area contributed by atoms with Gasteiger partial charge in [-0.15, -0.1) is 0 Å². The highest BCUT2D eigenvalue weighted by molar-refractivity contribution is 5.80. The third-order valence-corrected chi connectivity index (χ3v) is 2.75. The summed E-state index contributed by atoms with van der Waals surface area (Å²) in [6.45, 7) is -0.454. The summed E-state index contributed by atoms with van der Waals surface area (Å²) in [6, 6.07) is 16.8. The number of carboxylic acid groups (broad SMARTS) is 1. The molecule has 0 aliphatic carbocycles. The molecule has 0 aliphatic heterocycles. The number of carbonyl (C=O) groups is 1. The van der Waals surface area contributed by atoms with Crippen LogP contribution < -0.4 is 14.9 Å². The second-order valence-corrected chi connectivity index (χ2v) is 4.33. The largest absolute Gasteiger partial charge is 0.546 e. The van der Waals surface area contributed by atoms with Gasteiger partial charge in [-0.2, -0.15) is 5.10 Å². The van der Waals surface area contributed by atoms with E-state index in [1.165, 1.54) is 0 Å². The van der Waals surface area contributed by atoms with Gasteiger partial charge in [0.15, 0.2) is 0 Å². The Bertz CT molecular complexity index is 609. The van der Waals surface area contributed by atoms with Crippen molar-refractivity contribution in [2.24, 2.45) is 5.10 Å². The lowest BCUT2D eigenvalue weighted by Gasteiger charge is -2.12. The number of benzene rings is 2. The Labute approximate surface area is 123 Å². The van der Waals surface area contributed by atoms with Crippen LogP contribution >= 0.6 is 0 Å². The maximum absolute atomic E-state index is 10.3. The second-order valence-electron chi connectivity index (χ2n) is 4.33. The van der Waals surface area contributed by atoms with E-state index >= 15 is 0 Å². The first-order valence-electron chi connectivity index (χ1n) is 6.40. The van der Waals surface area contributed by atoms with Crippen LogP contribution in [0.15, 0.2) is 59.7 Å². The molecule has 0 saturated carbocycles. The maximum Gasteiger partial charge on any atom is 0.128 e. The highest BCUT2D eigenvalue weighted by Crippen LogP contribution is 2.13. The van der Waals surface area contributed by atoms with Crippen molar-refractivity contribution in [1.82, 2.24) is 0 Å². The zero-order valence-electron chi connectivity index (χ0n) is 11.6. The minimum absolute atomic E-state index is 0.454. The molecule has 21 heavy (non-hydrogen) atoms. The third kappa shape index (κ3) is 4.65. The van der Waals surface area contributed by atoms with Crippen LogP contribution in [0, 0.1) is 0 Å². The van der Waals surface area contributed by atoms with Gasteiger partial charge in [0.1, 0.15) is 12.4 Å². The predicted molar refractivity (Wildman–Crippen MR) is 79.4 cm³/mol. The van der Waals surface area contributed by atoms with Crippen molar-refractivity contribution < 1.29 is 14.6 Å². The Balaban J connectivity index is 1.96. The molecule has 0 atom stereocenters. The van der Waals surface area contributed by atoms with E-state index in [0.29, 0.717) is 5.75 Å². The lowest BCUT2D eigenvalue weighted by Crippen LogP contribution is -2.28. The molecule has 0 unspecified atom stereocenters. The molecule has 2 aromatic carbocycles. The van der Waals surface area contributed by atoms with Crippen molar-refractivity contribution in [3.63, 3.8) is 0 Å². The number of carbonyl (C=O) groups excluding carboxylic acids is 1. The van der Waals surface area contributed by atoms with Crippen LogP contribution in [-0.4, -0.2) is 25.8 Å². The molecule has 5 heteroatoms. The SMILES string of the molecule is CN(/N=C\c1ccc(OCC(=O)[O-])cc1)c1ccccc1. The number of hydrogen-bond acceptors (Lipinski definition) is 5. The average Bonchev–Trinajstić information content (AvgIpc) is 2.52. The Hall–Kier alpha value is -2.82. The van der Waals surface area contributed by atoms with Gasteiger partial charge in [-0.1, -0.05) is 18.2 Å². The van der Waals surface area contributed by atoms with Gasteiger partial charge in [0.05, 0.1) is 17.9 Å². The first-order valence-corrected chi connectivity index (χ1v) is 6.40. The van der Waals surface area contributed by atoms with Gasteiger partial charge in [0.2, 0.25) is 0 Å². The molecule has 0 aromatic heterocycles. The Morgan fingerprint density at radius 2 is 1.86 bits per heavy atom. The first kappa shape index (κ1) is 14.6. The first-order chi connectivity index (χ1) is 10.1. The van der Waals surface area contributed by atoms with Crippen molar-refractivity contribution in [3.8, 4) is 5.75 Å². The van der Waals surface area contributed by atoms with Crippen LogP contribution in [0.2, 0.25) is 0 Å². The van der Waals surface area contributed by atoms with Gasteiger partial charge in [0.25, 0.3) is 0 Å². The normalized spacial score (nSPS) is 10.5. The van der Waals surface area contributed by atoms with E-state index < -0.39 is 12.6 Å². The number of anilines is 1. The molecule has 5 nitrogen and oxygen atoms in total. The van der Waals surface area contributed by atoms with E-state index in [1.54, 1.807) is 35.5 Å². The molecule has 0 heterocycles. The van der Waals surface area contributed by atoms with Crippen molar-refractivity contribution >= 4 is 17.9 Å². The number of ether oxygens (including phenoxy) is 1. The van der Waals surface area contributed by atoms with Crippen molar-refractivity contribution in [2.75, 3.05) is 18.7 Å². The van der Waals surface area contributed by atoms with Crippen LogP contribution in [0.1, 0.15) is 5.56 Å². The summed E-state index contributed by atoms with van der Waals surface area (Å²) in [5.74, 6) is -0.766. The lowest BCUT2D eigenvalue weighted by atomic mass is 10.2. The zero-order valence-corrected chi connectivity index (χ0v) is 11.6. The third-order valence-electron chi connectivity index (χ3n) is 2.75. The topological polar surface area (TPSA) is 65.0 Å². The predicted octanol–water partition coefficient (Wildman–Crippen LogP) is 1.29. The fourth-order valence-corrected chi connectivity index (χ4v) is 1.66. The summed E-state index contributed by atoms with van der Waals surface area (Å²) < 4.78 is 5.00. The molecule has 0 fully saturated rings. The van der Waals surface area contributed by atoms with Crippen LogP contribution in [0.5, 0.6) is 5.75 Å². The Morgan fingerprint density at radius 3 is 2.48 bits per heavy atom. The molecule has 2 aromatic rings. The standard InChI is InChI=1S/C16H16N2O3/c1-18(14-5-3-2-4-6-14)17-11-13-7-9-15(10-8-13)21-12-16(19)20/h2-11H,12H2,1H3,(H,19,20)/p-1/b17-11-. The molecule has 0 aliphatic rings. The van der Waals surface area contributed by atoms with E-state index in [1.807, 2.05) is 37.4 Å². The highest BCUT2D eigenvalue weighted by Gasteiger charge is 1.97. The molecule has 108 valence electrons. The highest BCUT2D eigenvalue weighted by atomic mass is 16.5. The summed E-state index contributed by atoms with van der Waals surface area (Å²) in [4.78, 5) is 10.3. The zero-order chi connectivity index (χ0) is 15.1. The molecule has 0 spiro atoms. The summed E-state index contributed by atoms with van der Waals surface area (Å²) in [5, 5.41) is 16.4. The number of carboxylic acids is 1. The van der Waals surface area contributed by atoms with Gasteiger partial charge in [-0.3, -0.25) is 5.01 Å². The van der Waals surface area contributed by atoms with E-state index in [0.717, 1.165) is 11.3 Å². The van der Waals surface area contributed by atoms with Gasteiger partial charge in [-0.05, 0) is 42.0 Å². The smallest absolute Gasteiger partial charge is 0.128 e. The number of rotatable bonds is 6. The van der Waals surface area contributed by atoms with Gasteiger partial charge < -0.3 is 14.6 Å². The monoisotopic (exact) mass is 283 g/mol. The molecule has 0 radical (unpaired) electrons. The molecule has 0 bridgehead atoms. The van der Waals surface area contributed by atoms with Crippen molar-refractivity contribution in [1.29, 1.82) is 0 Å². The van der Waals surface area contributed by atoms with Crippen molar-refractivity contribution in [2.45, 2.75) is 0 Å². The minimum atomic E-state index is -1.25. The number of hydrogen-bond donors (Lipinski definition) is 0. The summed E-state index contributed by atoms with van der Waals surface area (Å²) in [6.07, 6.45) is 1.72. The van der Waals surface area contributed by atoms with Gasteiger partial charge >= 0.3 is 0 Å². The van der Waals surface area contributed by atoms with Crippen LogP contribution in [0.25, 0.3) is 0 Å². The number of hydrazone groups is 1. The number of para-hydroxylation sites is 1. The summed E-state index contributed by atoms with van der Waals surface area (Å²) >= 11 is 0. The van der Waals surface area contributed by atoms with E-state index in [-0.39, 0.29) is 0 Å². The molecule has 2 rings (SSSR count).